The third kappa shape index (κ3) is 8.71. The molecule has 2 fully saturated rings. The predicted molar refractivity (Wildman–Crippen MR) is 141 cm³/mol. The molecule has 4 rings (SSSR count). The first-order valence-corrected chi connectivity index (χ1v) is 12.5. The van der Waals surface area contributed by atoms with Gasteiger partial charge in [0.2, 0.25) is 0 Å². The van der Waals surface area contributed by atoms with E-state index in [0.29, 0.717) is 11.1 Å². The largest absolute Gasteiger partial charge is 0.465 e. The summed E-state index contributed by atoms with van der Waals surface area (Å²) >= 11 is 0. The van der Waals surface area contributed by atoms with Gasteiger partial charge in [-0.15, -0.1) is 0 Å². The average molecular weight is 497 g/mol. The van der Waals surface area contributed by atoms with E-state index in [9.17, 15) is 9.59 Å². The van der Waals surface area contributed by atoms with E-state index in [1.807, 2.05) is 48.5 Å². The van der Waals surface area contributed by atoms with Gasteiger partial charge in [-0.25, -0.2) is 9.59 Å². The Kier molecular flexibility index (Phi) is 10.9. The summed E-state index contributed by atoms with van der Waals surface area (Å²) in [7, 11) is 7.12. The van der Waals surface area contributed by atoms with Gasteiger partial charge in [-0.2, -0.15) is 0 Å². The number of nitrogens with zero attached hydrogens (tertiary/aromatic N) is 4. The van der Waals surface area contributed by atoms with E-state index in [2.05, 4.69) is 43.2 Å². The highest BCUT2D eigenvalue weighted by Gasteiger charge is 2.15. The second-order valence-corrected chi connectivity index (χ2v) is 9.54. The van der Waals surface area contributed by atoms with E-state index in [4.69, 9.17) is 0 Å². The fourth-order valence-corrected chi connectivity index (χ4v) is 4.26. The van der Waals surface area contributed by atoms with Crippen LogP contribution < -0.4 is 0 Å². The van der Waals surface area contributed by atoms with Gasteiger partial charge in [0, 0.05) is 65.4 Å². The summed E-state index contributed by atoms with van der Waals surface area (Å²) in [5.74, 6) is -0.553. The minimum atomic E-state index is -0.277. The van der Waals surface area contributed by atoms with Crippen LogP contribution in [0.5, 0.6) is 0 Å². The molecule has 0 amide bonds. The van der Waals surface area contributed by atoms with Crippen LogP contribution in [-0.2, 0) is 22.6 Å². The number of methoxy groups -OCH3 is 2. The van der Waals surface area contributed by atoms with Crippen LogP contribution in [0.15, 0.2) is 48.5 Å². The second kappa shape index (κ2) is 14.1. The van der Waals surface area contributed by atoms with Crippen LogP contribution in [0, 0.1) is 0 Å². The molecule has 2 aliphatic rings. The molecule has 2 heterocycles. The quantitative estimate of drug-likeness (QED) is 0.565. The number of carbonyl (C=O) groups excluding carboxylic acids is 2. The van der Waals surface area contributed by atoms with E-state index in [1.54, 1.807) is 0 Å². The van der Waals surface area contributed by atoms with Gasteiger partial charge in [-0.05, 0) is 49.5 Å². The SMILES string of the molecule is COC(=O)c1ccc(CN2CCN(C)CC2)cc1.COC(=O)c1ccc(CN2CCN(C)CC2)cc1. The minimum Gasteiger partial charge on any atom is -0.465 e. The molecule has 0 aromatic heterocycles. The molecule has 0 aliphatic carbocycles. The van der Waals surface area contributed by atoms with Crippen molar-refractivity contribution in [2.75, 3.05) is 80.7 Å². The zero-order valence-electron chi connectivity index (χ0n) is 22.1. The summed E-state index contributed by atoms with van der Waals surface area (Å²) in [6.45, 7) is 10.8. The van der Waals surface area contributed by atoms with Crippen molar-refractivity contribution in [2.45, 2.75) is 13.1 Å². The predicted octanol–water partition coefficient (Wildman–Crippen LogP) is 2.44. The van der Waals surface area contributed by atoms with Crippen LogP contribution in [0.4, 0.5) is 0 Å². The Balaban J connectivity index is 0.000000201. The molecule has 36 heavy (non-hydrogen) atoms. The standard InChI is InChI=1S/2C14H20N2O2/c2*1-15-7-9-16(10-8-15)11-12-3-5-13(6-4-12)14(17)18-2/h2*3-6H,7-11H2,1-2H3. The molecule has 8 heteroatoms. The molecule has 2 aromatic rings. The van der Waals surface area contributed by atoms with Crippen molar-refractivity contribution in [1.29, 1.82) is 0 Å². The Bertz CT molecular complexity index is 869. The van der Waals surface area contributed by atoms with Gasteiger partial charge in [0.25, 0.3) is 0 Å². The van der Waals surface area contributed by atoms with Crippen LogP contribution in [0.2, 0.25) is 0 Å². The molecule has 0 N–H and O–H groups in total. The van der Waals surface area contributed by atoms with Gasteiger partial charge < -0.3 is 19.3 Å². The maximum absolute atomic E-state index is 11.3. The van der Waals surface area contributed by atoms with Crippen molar-refractivity contribution in [3.63, 3.8) is 0 Å². The van der Waals surface area contributed by atoms with Gasteiger partial charge in [0.05, 0.1) is 25.3 Å². The Morgan fingerprint density at radius 2 is 0.889 bits per heavy atom. The number of esters is 2. The molecular weight excluding hydrogens is 456 g/mol. The smallest absolute Gasteiger partial charge is 0.337 e. The molecule has 0 unspecified atom stereocenters. The van der Waals surface area contributed by atoms with Crippen molar-refractivity contribution in [2.24, 2.45) is 0 Å². The van der Waals surface area contributed by atoms with E-state index in [0.717, 1.165) is 65.4 Å². The van der Waals surface area contributed by atoms with Crippen molar-refractivity contribution in [3.05, 3.63) is 70.8 Å². The second-order valence-electron chi connectivity index (χ2n) is 9.54. The fraction of sp³-hybridized carbons (Fsp3) is 0.500. The highest BCUT2D eigenvalue weighted by atomic mass is 16.5. The van der Waals surface area contributed by atoms with Gasteiger partial charge in [0.1, 0.15) is 0 Å². The van der Waals surface area contributed by atoms with Gasteiger partial charge in [-0.1, -0.05) is 24.3 Å². The third-order valence-electron chi connectivity index (χ3n) is 6.75. The van der Waals surface area contributed by atoms with Crippen LogP contribution in [0.3, 0.4) is 0 Å². The Labute approximate surface area is 215 Å². The van der Waals surface area contributed by atoms with Crippen LogP contribution in [0.25, 0.3) is 0 Å². The normalized spacial score (nSPS) is 17.7. The molecule has 0 spiro atoms. The molecule has 8 nitrogen and oxygen atoms in total. The van der Waals surface area contributed by atoms with Crippen molar-refractivity contribution in [1.82, 2.24) is 19.6 Å². The first-order valence-electron chi connectivity index (χ1n) is 12.5. The van der Waals surface area contributed by atoms with Crippen LogP contribution in [-0.4, -0.2) is 112 Å². The number of rotatable bonds is 6. The molecule has 2 saturated heterocycles. The topological polar surface area (TPSA) is 65.6 Å². The highest BCUT2D eigenvalue weighted by molar-refractivity contribution is 5.89. The summed E-state index contributed by atoms with van der Waals surface area (Å²) in [5.41, 5.74) is 3.71. The molecule has 0 saturated carbocycles. The first kappa shape index (κ1) is 27.8. The number of carbonyl (C=O) groups is 2. The monoisotopic (exact) mass is 496 g/mol. The number of piperazine rings is 2. The Morgan fingerprint density at radius 3 is 1.17 bits per heavy atom. The lowest BCUT2D eigenvalue weighted by atomic mass is 10.1. The van der Waals surface area contributed by atoms with Crippen LogP contribution in [0.1, 0.15) is 31.8 Å². The third-order valence-corrected chi connectivity index (χ3v) is 6.75. The summed E-state index contributed by atoms with van der Waals surface area (Å²) in [6.07, 6.45) is 0. The summed E-state index contributed by atoms with van der Waals surface area (Å²) in [5, 5.41) is 0. The number of hydrogen-bond donors (Lipinski definition) is 0. The maximum Gasteiger partial charge on any atom is 0.337 e. The average Bonchev–Trinajstić information content (AvgIpc) is 2.91. The van der Waals surface area contributed by atoms with Gasteiger partial charge >= 0.3 is 11.9 Å². The molecule has 0 radical (unpaired) electrons. The molecule has 0 bridgehead atoms. The molecule has 196 valence electrons. The number of hydrogen-bond acceptors (Lipinski definition) is 8. The first-order chi connectivity index (χ1) is 17.4. The van der Waals surface area contributed by atoms with Crippen molar-refractivity contribution < 1.29 is 19.1 Å². The number of ether oxygens (including phenoxy) is 2. The number of benzene rings is 2. The lowest BCUT2D eigenvalue weighted by molar-refractivity contribution is 0.0592. The zero-order valence-corrected chi connectivity index (χ0v) is 22.1. The van der Waals surface area contributed by atoms with Crippen molar-refractivity contribution in [3.8, 4) is 0 Å². The molecule has 2 aromatic carbocycles. The van der Waals surface area contributed by atoms with Gasteiger partial charge in [-0.3, -0.25) is 9.80 Å². The molecule has 2 aliphatic heterocycles. The Hall–Kier alpha value is -2.78. The fourth-order valence-electron chi connectivity index (χ4n) is 4.26. The summed E-state index contributed by atoms with van der Waals surface area (Å²) < 4.78 is 9.37. The zero-order chi connectivity index (χ0) is 25.9. The Morgan fingerprint density at radius 1 is 0.583 bits per heavy atom. The highest BCUT2D eigenvalue weighted by Crippen LogP contribution is 2.11. The van der Waals surface area contributed by atoms with Crippen molar-refractivity contribution >= 4 is 11.9 Å². The maximum atomic E-state index is 11.3. The van der Waals surface area contributed by atoms with E-state index < -0.39 is 0 Å². The lowest BCUT2D eigenvalue weighted by Crippen LogP contribution is -2.43. The number of likely N-dealkylation sites (N-methyl/N-ethyl adjacent to an activating group) is 2. The van der Waals surface area contributed by atoms with Gasteiger partial charge in [0.15, 0.2) is 0 Å². The van der Waals surface area contributed by atoms with E-state index >= 15 is 0 Å². The molecular formula is C28H40N4O4. The van der Waals surface area contributed by atoms with Crippen LogP contribution >= 0.6 is 0 Å². The lowest BCUT2D eigenvalue weighted by Gasteiger charge is -2.32. The van der Waals surface area contributed by atoms with E-state index in [1.165, 1.54) is 25.3 Å². The summed E-state index contributed by atoms with van der Waals surface area (Å²) in [4.78, 5) is 32.2. The molecule has 0 atom stereocenters. The minimum absolute atomic E-state index is 0.277. The summed E-state index contributed by atoms with van der Waals surface area (Å²) in [6, 6.07) is 15.3. The van der Waals surface area contributed by atoms with E-state index in [-0.39, 0.29) is 11.9 Å².